The zero-order valence-electron chi connectivity index (χ0n) is 20.0. The molecule has 0 unspecified atom stereocenters. The van der Waals surface area contributed by atoms with E-state index in [1.165, 1.54) is 28.7 Å². The second-order valence-electron chi connectivity index (χ2n) is 8.73. The van der Waals surface area contributed by atoms with Gasteiger partial charge in [-0.2, -0.15) is 0 Å². The molecule has 0 bridgehead atoms. The van der Waals surface area contributed by atoms with Crippen LogP contribution in [0.25, 0.3) is 22.0 Å². The molecule has 0 spiro atoms. The summed E-state index contributed by atoms with van der Waals surface area (Å²) in [6.07, 6.45) is 1.17. The van der Waals surface area contributed by atoms with Crippen molar-refractivity contribution in [2.45, 2.75) is 21.2 Å². The van der Waals surface area contributed by atoms with Gasteiger partial charge in [-0.05, 0) is 65.5 Å². The van der Waals surface area contributed by atoms with Gasteiger partial charge in [-0.3, -0.25) is 4.79 Å². The third-order valence-corrected chi connectivity index (χ3v) is 8.53. The first-order chi connectivity index (χ1) is 18.1. The Kier molecular flexibility index (Phi) is 7.13. The highest BCUT2D eigenvalue weighted by Gasteiger charge is 2.16. The van der Waals surface area contributed by atoms with Crippen molar-refractivity contribution in [2.75, 3.05) is 6.26 Å². The first-order valence-electron chi connectivity index (χ1n) is 11.4. The van der Waals surface area contributed by atoms with E-state index in [4.69, 9.17) is 11.6 Å². The van der Waals surface area contributed by atoms with Gasteiger partial charge in [-0.15, -0.1) is 0 Å². The summed E-state index contributed by atoms with van der Waals surface area (Å²) in [5.41, 5.74) is 1.08. The number of nitrogens with zero attached hydrogens (tertiary/aromatic N) is 1. The average Bonchev–Trinajstić information content (AvgIpc) is 2.87. The number of aromatic nitrogens is 1. The van der Waals surface area contributed by atoms with Gasteiger partial charge in [0.2, 0.25) is 0 Å². The monoisotopic (exact) mass is 567 g/mol. The van der Waals surface area contributed by atoms with E-state index in [1.807, 2.05) is 30.3 Å². The lowest BCUT2D eigenvalue weighted by Crippen LogP contribution is -2.23. The average molecular weight is 568 g/mol. The standard InChI is InChI=1S/C29H20ClF2NO3S2/c1-38(35,36)24-13-11-23(12-14-24)37-22-9-6-18(7-10-22)27-15-19-3-2-4-25(30)28(19)29(34)33(27)17-20-5-8-21(31)16-26(20)32/h2-16H,17H2,1H3. The molecule has 0 saturated heterocycles. The molecule has 9 heteroatoms. The molecule has 0 aliphatic carbocycles. The van der Waals surface area contributed by atoms with Crippen LogP contribution in [0.3, 0.4) is 0 Å². The molecule has 0 fully saturated rings. The topological polar surface area (TPSA) is 56.1 Å². The summed E-state index contributed by atoms with van der Waals surface area (Å²) in [4.78, 5) is 15.6. The molecule has 38 heavy (non-hydrogen) atoms. The maximum Gasteiger partial charge on any atom is 0.260 e. The van der Waals surface area contributed by atoms with Gasteiger partial charge in [0, 0.05) is 27.7 Å². The lowest BCUT2D eigenvalue weighted by Gasteiger charge is -2.16. The molecule has 4 aromatic carbocycles. The van der Waals surface area contributed by atoms with Crippen LogP contribution >= 0.6 is 23.4 Å². The largest absolute Gasteiger partial charge is 0.303 e. The molecule has 1 aromatic heterocycles. The van der Waals surface area contributed by atoms with Gasteiger partial charge in [0.1, 0.15) is 11.6 Å². The third kappa shape index (κ3) is 5.38. The van der Waals surface area contributed by atoms with Gasteiger partial charge < -0.3 is 4.57 Å². The van der Waals surface area contributed by atoms with Gasteiger partial charge in [-0.1, -0.05) is 53.7 Å². The highest BCUT2D eigenvalue weighted by Crippen LogP contribution is 2.32. The van der Waals surface area contributed by atoms with Gasteiger partial charge in [0.15, 0.2) is 9.84 Å². The number of pyridine rings is 1. The molecule has 0 aliphatic rings. The lowest BCUT2D eigenvalue weighted by atomic mass is 10.1. The van der Waals surface area contributed by atoms with Crippen molar-refractivity contribution in [1.82, 2.24) is 4.57 Å². The highest BCUT2D eigenvalue weighted by atomic mass is 35.5. The fraction of sp³-hybridized carbons (Fsp3) is 0.0690. The zero-order chi connectivity index (χ0) is 27.0. The highest BCUT2D eigenvalue weighted by molar-refractivity contribution is 7.99. The molecule has 4 nitrogen and oxygen atoms in total. The van der Waals surface area contributed by atoms with Crippen LogP contribution in [0.2, 0.25) is 5.02 Å². The Balaban J connectivity index is 1.54. The van der Waals surface area contributed by atoms with Crippen molar-refractivity contribution in [2.24, 2.45) is 0 Å². The van der Waals surface area contributed by atoms with Crippen molar-refractivity contribution >= 4 is 44.0 Å². The molecule has 5 rings (SSSR count). The molecule has 0 radical (unpaired) electrons. The van der Waals surface area contributed by atoms with Crippen LogP contribution in [-0.4, -0.2) is 19.2 Å². The Bertz CT molecular complexity index is 1840. The summed E-state index contributed by atoms with van der Waals surface area (Å²) in [5.74, 6) is -1.44. The Morgan fingerprint density at radius 2 is 1.53 bits per heavy atom. The Morgan fingerprint density at radius 3 is 2.16 bits per heavy atom. The molecule has 0 saturated carbocycles. The second-order valence-corrected chi connectivity index (χ2v) is 12.3. The number of fused-ring (bicyclic) bond motifs is 1. The van der Waals surface area contributed by atoms with Crippen LogP contribution in [0.1, 0.15) is 5.56 Å². The van der Waals surface area contributed by atoms with E-state index >= 15 is 0 Å². The zero-order valence-corrected chi connectivity index (χ0v) is 22.4. The fourth-order valence-corrected chi connectivity index (χ4v) is 5.87. The van der Waals surface area contributed by atoms with Crippen LogP contribution < -0.4 is 5.56 Å². The quantitative estimate of drug-likeness (QED) is 0.218. The number of hydrogen-bond donors (Lipinski definition) is 0. The third-order valence-electron chi connectivity index (χ3n) is 6.07. The number of sulfone groups is 1. The molecule has 1 heterocycles. The Morgan fingerprint density at radius 1 is 0.868 bits per heavy atom. The molecule has 0 atom stereocenters. The van der Waals surface area contributed by atoms with Gasteiger partial charge >= 0.3 is 0 Å². The predicted molar refractivity (Wildman–Crippen MR) is 148 cm³/mol. The number of benzene rings is 4. The summed E-state index contributed by atoms with van der Waals surface area (Å²) in [5, 5.41) is 1.27. The van der Waals surface area contributed by atoms with E-state index in [2.05, 4.69) is 0 Å². The first kappa shape index (κ1) is 26.2. The minimum absolute atomic E-state index is 0.107. The summed E-state index contributed by atoms with van der Waals surface area (Å²) < 4.78 is 52.9. The van der Waals surface area contributed by atoms with Crippen LogP contribution in [0.15, 0.2) is 110 Å². The van der Waals surface area contributed by atoms with E-state index in [1.54, 1.807) is 42.5 Å². The first-order valence-corrected chi connectivity index (χ1v) is 14.5. The summed E-state index contributed by atoms with van der Waals surface area (Å²) in [6.45, 7) is -0.107. The molecule has 5 aromatic rings. The van der Waals surface area contributed by atoms with Gasteiger partial charge in [0.05, 0.1) is 27.5 Å². The van der Waals surface area contributed by atoms with E-state index in [0.717, 1.165) is 27.5 Å². The van der Waals surface area contributed by atoms with Crippen LogP contribution in [-0.2, 0) is 16.4 Å². The van der Waals surface area contributed by atoms with E-state index < -0.39 is 21.5 Å². The van der Waals surface area contributed by atoms with E-state index in [-0.39, 0.29) is 22.6 Å². The summed E-state index contributed by atoms with van der Waals surface area (Å²) >= 11 is 7.81. The predicted octanol–water partition coefficient (Wildman–Crippen LogP) is 7.20. The van der Waals surface area contributed by atoms with Gasteiger partial charge in [0.25, 0.3) is 5.56 Å². The van der Waals surface area contributed by atoms with Crippen LogP contribution in [0.5, 0.6) is 0 Å². The van der Waals surface area contributed by atoms with Crippen molar-refractivity contribution in [3.63, 3.8) is 0 Å². The normalized spacial score (nSPS) is 11.7. The van der Waals surface area contributed by atoms with Crippen molar-refractivity contribution in [3.8, 4) is 11.3 Å². The number of hydrogen-bond acceptors (Lipinski definition) is 4. The van der Waals surface area contributed by atoms with Crippen molar-refractivity contribution in [3.05, 3.63) is 124 Å². The van der Waals surface area contributed by atoms with Gasteiger partial charge in [-0.25, -0.2) is 17.2 Å². The maximum absolute atomic E-state index is 14.5. The molecular formula is C29H20ClF2NO3S2. The molecule has 0 aliphatic heterocycles. The molecule has 0 amide bonds. The minimum atomic E-state index is -3.27. The summed E-state index contributed by atoms with van der Waals surface area (Å²) in [6, 6.07) is 24.4. The molecule has 192 valence electrons. The van der Waals surface area contributed by atoms with Crippen LogP contribution in [0, 0.1) is 11.6 Å². The smallest absolute Gasteiger partial charge is 0.260 e. The Labute approximate surface area is 227 Å². The molecule has 0 N–H and O–H groups in total. The SMILES string of the molecule is CS(=O)(=O)c1ccc(Sc2ccc(-c3cc4cccc(Cl)c4c(=O)n3Cc3ccc(F)cc3F)cc2)cc1. The number of halogens is 3. The Hall–Kier alpha value is -3.46. The summed E-state index contributed by atoms with van der Waals surface area (Å²) in [7, 11) is -3.27. The lowest BCUT2D eigenvalue weighted by molar-refractivity contribution is 0.565. The number of rotatable bonds is 6. The second kappa shape index (κ2) is 10.4. The van der Waals surface area contributed by atoms with E-state index in [0.29, 0.717) is 21.5 Å². The van der Waals surface area contributed by atoms with Crippen molar-refractivity contribution < 1.29 is 17.2 Å². The fourth-order valence-electron chi connectivity index (χ4n) is 4.16. The van der Waals surface area contributed by atoms with E-state index in [9.17, 15) is 22.0 Å². The molecular weight excluding hydrogens is 548 g/mol. The van der Waals surface area contributed by atoms with Crippen molar-refractivity contribution in [1.29, 1.82) is 0 Å². The van der Waals surface area contributed by atoms with Crippen LogP contribution in [0.4, 0.5) is 8.78 Å². The maximum atomic E-state index is 14.5. The minimum Gasteiger partial charge on any atom is -0.303 e.